The van der Waals surface area contributed by atoms with Crippen LogP contribution in [0.2, 0.25) is 0 Å². The van der Waals surface area contributed by atoms with E-state index in [9.17, 15) is 9.59 Å². The van der Waals surface area contributed by atoms with Gasteiger partial charge in [-0.05, 0) is 49.9 Å². The number of nitrogens with zero attached hydrogens (tertiary/aromatic N) is 1. The Bertz CT molecular complexity index is 836. The monoisotopic (exact) mass is 440 g/mol. The third-order valence-electron chi connectivity index (χ3n) is 5.42. The third kappa shape index (κ3) is 8.06. The number of nitrogens with one attached hydrogen (secondary N) is 1. The van der Waals surface area contributed by atoms with Gasteiger partial charge in [0.2, 0.25) is 11.8 Å². The Kier molecular flexibility index (Phi) is 10.6. The molecule has 0 spiro atoms. The van der Waals surface area contributed by atoms with Gasteiger partial charge in [-0.3, -0.25) is 9.59 Å². The Morgan fingerprint density at radius 3 is 2.39 bits per heavy atom. The number of carbonyl (C=O) groups excluding carboxylic acids is 2. The SMILES string of the molecule is CCCCNC(=O)C(CC)N(Cc1ccccc1C)C(=O)CCSc1ccc(C)cc1. The van der Waals surface area contributed by atoms with Crippen LogP contribution in [-0.2, 0) is 16.1 Å². The first kappa shape index (κ1) is 25.0. The molecule has 1 atom stereocenters. The van der Waals surface area contributed by atoms with Crippen molar-refractivity contribution < 1.29 is 9.59 Å². The number of benzene rings is 2. The van der Waals surface area contributed by atoms with E-state index >= 15 is 0 Å². The van der Waals surface area contributed by atoms with Gasteiger partial charge in [0.1, 0.15) is 6.04 Å². The van der Waals surface area contributed by atoms with E-state index in [1.807, 2.05) is 38.1 Å². The number of hydrogen-bond acceptors (Lipinski definition) is 3. The summed E-state index contributed by atoms with van der Waals surface area (Å²) in [6.07, 6.45) is 2.98. The Hall–Kier alpha value is -2.27. The van der Waals surface area contributed by atoms with Gasteiger partial charge in [0.15, 0.2) is 0 Å². The lowest BCUT2D eigenvalue weighted by Crippen LogP contribution is -2.49. The lowest BCUT2D eigenvalue weighted by Gasteiger charge is -2.31. The Morgan fingerprint density at radius 2 is 1.74 bits per heavy atom. The summed E-state index contributed by atoms with van der Waals surface area (Å²) in [6.45, 7) is 9.31. The highest BCUT2D eigenvalue weighted by molar-refractivity contribution is 7.99. The van der Waals surface area contributed by atoms with E-state index in [4.69, 9.17) is 0 Å². The molecule has 0 saturated heterocycles. The summed E-state index contributed by atoms with van der Waals surface area (Å²) >= 11 is 1.68. The molecule has 0 aliphatic carbocycles. The number of carbonyl (C=O) groups is 2. The molecule has 0 saturated carbocycles. The van der Waals surface area contributed by atoms with E-state index < -0.39 is 6.04 Å². The van der Waals surface area contributed by atoms with Crippen molar-refractivity contribution in [2.75, 3.05) is 12.3 Å². The van der Waals surface area contributed by atoms with Crippen molar-refractivity contribution in [2.24, 2.45) is 0 Å². The number of rotatable bonds is 12. The van der Waals surface area contributed by atoms with Crippen LogP contribution in [0, 0.1) is 13.8 Å². The van der Waals surface area contributed by atoms with Crippen LogP contribution >= 0.6 is 11.8 Å². The van der Waals surface area contributed by atoms with Gasteiger partial charge < -0.3 is 10.2 Å². The fraction of sp³-hybridized carbons (Fsp3) is 0.462. The highest BCUT2D eigenvalue weighted by Crippen LogP contribution is 2.21. The summed E-state index contributed by atoms with van der Waals surface area (Å²) in [5, 5.41) is 3.02. The number of thioether (sulfide) groups is 1. The molecule has 0 radical (unpaired) electrons. The molecule has 5 heteroatoms. The van der Waals surface area contributed by atoms with Crippen molar-refractivity contribution >= 4 is 23.6 Å². The zero-order chi connectivity index (χ0) is 22.6. The molecule has 168 valence electrons. The molecule has 0 heterocycles. The molecular formula is C26H36N2O2S. The molecule has 0 aromatic heterocycles. The summed E-state index contributed by atoms with van der Waals surface area (Å²) in [5.41, 5.74) is 3.45. The number of hydrogen-bond donors (Lipinski definition) is 1. The minimum absolute atomic E-state index is 0.0281. The zero-order valence-corrected chi connectivity index (χ0v) is 20.1. The highest BCUT2D eigenvalue weighted by atomic mass is 32.2. The molecule has 31 heavy (non-hydrogen) atoms. The fourth-order valence-corrected chi connectivity index (χ4v) is 4.27. The second-order valence-electron chi connectivity index (χ2n) is 7.93. The molecule has 0 bridgehead atoms. The minimum Gasteiger partial charge on any atom is -0.354 e. The van der Waals surface area contributed by atoms with Crippen LogP contribution in [0.1, 0.15) is 56.2 Å². The first-order valence-electron chi connectivity index (χ1n) is 11.3. The quantitative estimate of drug-likeness (QED) is 0.350. The van der Waals surface area contributed by atoms with E-state index in [1.165, 1.54) is 5.56 Å². The van der Waals surface area contributed by atoms with E-state index in [-0.39, 0.29) is 11.8 Å². The van der Waals surface area contributed by atoms with Gasteiger partial charge in [-0.2, -0.15) is 0 Å². The minimum atomic E-state index is -0.451. The first-order valence-corrected chi connectivity index (χ1v) is 12.3. The Morgan fingerprint density at radius 1 is 1.03 bits per heavy atom. The molecule has 0 aliphatic heterocycles. The predicted octanol–water partition coefficient (Wildman–Crippen LogP) is 5.51. The van der Waals surface area contributed by atoms with Crippen molar-refractivity contribution in [2.45, 2.75) is 70.9 Å². The van der Waals surface area contributed by atoms with Gasteiger partial charge in [0.25, 0.3) is 0 Å². The standard InChI is InChI=1S/C26H36N2O2S/c1-5-7-17-27-26(30)24(6-2)28(19-22-11-9-8-10-21(22)4)25(29)16-18-31-23-14-12-20(3)13-15-23/h8-15,24H,5-7,16-19H2,1-4H3,(H,27,30). The normalized spacial score (nSPS) is 11.7. The first-order chi connectivity index (χ1) is 15.0. The maximum atomic E-state index is 13.3. The van der Waals surface area contributed by atoms with E-state index in [0.717, 1.165) is 28.9 Å². The third-order valence-corrected chi connectivity index (χ3v) is 6.44. The van der Waals surface area contributed by atoms with Gasteiger partial charge in [-0.1, -0.05) is 62.2 Å². The van der Waals surface area contributed by atoms with Gasteiger partial charge in [0, 0.05) is 30.2 Å². The lowest BCUT2D eigenvalue weighted by molar-refractivity contribution is -0.141. The van der Waals surface area contributed by atoms with Crippen LogP contribution in [0.3, 0.4) is 0 Å². The summed E-state index contributed by atoms with van der Waals surface area (Å²) in [4.78, 5) is 29.1. The van der Waals surface area contributed by atoms with Gasteiger partial charge in [-0.25, -0.2) is 0 Å². The molecule has 2 rings (SSSR count). The zero-order valence-electron chi connectivity index (χ0n) is 19.3. The van der Waals surface area contributed by atoms with E-state index in [0.29, 0.717) is 31.7 Å². The Balaban J connectivity index is 2.10. The fourth-order valence-electron chi connectivity index (χ4n) is 3.43. The maximum absolute atomic E-state index is 13.3. The summed E-state index contributed by atoms with van der Waals surface area (Å²) in [5.74, 6) is 0.671. The van der Waals surface area contributed by atoms with Crippen molar-refractivity contribution in [1.29, 1.82) is 0 Å². The highest BCUT2D eigenvalue weighted by Gasteiger charge is 2.28. The average Bonchev–Trinajstić information content (AvgIpc) is 2.76. The largest absolute Gasteiger partial charge is 0.354 e. The van der Waals surface area contributed by atoms with Crippen molar-refractivity contribution in [3.05, 3.63) is 65.2 Å². The Labute approximate surface area is 191 Å². The molecule has 0 fully saturated rings. The van der Waals surface area contributed by atoms with Gasteiger partial charge >= 0.3 is 0 Å². The second kappa shape index (κ2) is 13.2. The molecule has 2 aromatic carbocycles. The number of amides is 2. The maximum Gasteiger partial charge on any atom is 0.242 e. The van der Waals surface area contributed by atoms with Crippen molar-refractivity contribution in [1.82, 2.24) is 10.2 Å². The van der Waals surface area contributed by atoms with Crippen molar-refractivity contribution in [3.8, 4) is 0 Å². The van der Waals surface area contributed by atoms with E-state index in [1.54, 1.807) is 16.7 Å². The van der Waals surface area contributed by atoms with Crippen LogP contribution in [-0.4, -0.2) is 35.1 Å². The average molecular weight is 441 g/mol. The summed E-state index contributed by atoms with van der Waals surface area (Å²) in [6, 6.07) is 16.0. The molecule has 1 unspecified atom stereocenters. The lowest BCUT2D eigenvalue weighted by atomic mass is 10.1. The topological polar surface area (TPSA) is 49.4 Å². The summed E-state index contributed by atoms with van der Waals surface area (Å²) in [7, 11) is 0. The molecule has 2 amide bonds. The second-order valence-corrected chi connectivity index (χ2v) is 9.10. The molecule has 4 nitrogen and oxygen atoms in total. The van der Waals surface area contributed by atoms with Gasteiger partial charge in [0.05, 0.1) is 0 Å². The smallest absolute Gasteiger partial charge is 0.242 e. The van der Waals surface area contributed by atoms with E-state index in [2.05, 4.69) is 43.4 Å². The predicted molar refractivity (Wildman–Crippen MR) is 130 cm³/mol. The number of aryl methyl sites for hydroxylation is 2. The molecule has 0 aliphatic rings. The number of unbranched alkanes of at least 4 members (excludes halogenated alkanes) is 1. The van der Waals surface area contributed by atoms with Crippen LogP contribution in [0.4, 0.5) is 0 Å². The van der Waals surface area contributed by atoms with Crippen LogP contribution in [0.25, 0.3) is 0 Å². The van der Waals surface area contributed by atoms with Crippen molar-refractivity contribution in [3.63, 3.8) is 0 Å². The van der Waals surface area contributed by atoms with Crippen LogP contribution in [0.15, 0.2) is 53.4 Å². The van der Waals surface area contributed by atoms with Crippen LogP contribution < -0.4 is 5.32 Å². The molecular weight excluding hydrogens is 404 g/mol. The summed E-state index contributed by atoms with van der Waals surface area (Å²) < 4.78 is 0. The van der Waals surface area contributed by atoms with Crippen LogP contribution in [0.5, 0.6) is 0 Å². The van der Waals surface area contributed by atoms with Gasteiger partial charge in [-0.15, -0.1) is 11.8 Å². The molecule has 1 N–H and O–H groups in total. The molecule has 2 aromatic rings.